The van der Waals surface area contributed by atoms with E-state index in [4.69, 9.17) is 14.9 Å². The van der Waals surface area contributed by atoms with Crippen LogP contribution < -0.4 is 10.5 Å². The van der Waals surface area contributed by atoms with E-state index in [1.165, 1.54) is 0 Å². The van der Waals surface area contributed by atoms with Crippen LogP contribution >= 0.6 is 0 Å². The number of likely N-dealkylation sites (N-methyl/N-ethyl adjacent to an activating group) is 1. The summed E-state index contributed by atoms with van der Waals surface area (Å²) in [5.74, 6) is 2.78. The van der Waals surface area contributed by atoms with E-state index >= 15 is 0 Å². The largest absolute Gasteiger partial charge is 0.494 e. The van der Waals surface area contributed by atoms with Crippen molar-refractivity contribution in [3.05, 3.63) is 53.5 Å². The molecule has 0 saturated heterocycles. The first-order chi connectivity index (χ1) is 10.2. The van der Waals surface area contributed by atoms with Crippen molar-refractivity contribution < 1.29 is 9.15 Å². The average Bonchev–Trinajstić information content (AvgIpc) is 2.87. The molecule has 0 saturated carbocycles. The number of benzene rings is 1. The standard InChI is InChI=1S/C17H24N2O2/c1-4-20-17-8-6-5-7-15(17)16(11-18)19(3)12-14-10-9-13(2)21-14/h5-10,16H,4,11-12,18H2,1-3H3. The van der Waals surface area contributed by atoms with Crippen molar-refractivity contribution in [2.24, 2.45) is 5.73 Å². The van der Waals surface area contributed by atoms with Crippen LogP contribution in [0.4, 0.5) is 0 Å². The first-order valence-electron chi connectivity index (χ1n) is 7.33. The molecule has 0 spiro atoms. The van der Waals surface area contributed by atoms with Gasteiger partial charge in [-0.1, -0.05) is 18.2 Å². The molecule has 1 unspecified atom stereocenters. The fourth-order valence-corrected chi connectivity index (χ4v) is 2.51. The topological polar surface area (TPSA) is 51.6 Å². The Hall–Kier alpha value is -1.78. The summed E-state index contributed by atoms with van der Waals surface area (Å²) in [6.45, 7) is 5.84. The number of nitrogens with two attached hydrogens (primary N) is 1. The lowest BCUT2D eigenvalue weighted by Gasteiger charge is -2.28. The summed E-state index contributed by atoms with van der Waals surface area (Å²) in [6, 6.07) is 12.2. The fourth-order valence-electron chi connectivity index (χ4n) is 2.51. The van der Waals surface area contributed by atoms with Crippen LogP contribution in [0.25, 0.3) is 0 Å². The minimum atomic E-state index is 0.0955. The van der Waals surface area contributed by atoms with Gasteiger partial charge in [-0.25, -0.2) is 0 Å². The molecule has 0 amide bonds. The molecular weight excluding hydrogens is 264 g/mol. The van der Waals surface area contributed by atoms with E-state index in [9.17, 15) is 0 Å². The lowest BCUT2D eigenvalue weighted by molar-refractivity contribution is 0.215. The minimum Gasteiger partial charge on any atom is -0.494 e. The number of hydrogen-bond donors (Lipinski definition) is 1. The van der Waals surface area contributed by atoms with Crippen LogP contribution in [0, 0.1) is 6.92 Å². The Balaban J connectivity index is 2.18. The molecule has 2 N–H and O–H groups in total. The van der Waals surface area contributed by atoms with Gasteiger partial charge in [-0.05, 0) is 39.1 Å². The Labute approximate surface area is 126 Å². The van der Waals surface area contributed by atoms with E-state index in [1.54, 1.807) is 0 Å². The molecule has 0 bridgehead atoms. The van der Waals surface area contributed by atoms with Crippen LogP contribution in [0.3, 0.4) is 0 Å². The molecule has 1 aromatic heterocycles. The summed E-state index contributed by atoms with van der Waals surface area (Å²) in [5, 5.41) is 0. The van der Waals surface area contributed by atoms with Gasteiger partial charge in [0.15, 0.2) is 0 Å². The summed E-state index contributed by atoms with van der Waals surface area (Å²) < 4.78 is 11.4. The second kappa shape index (κ2) is 7.29. The molecule has 2 aromatic rings. The Morgan fingerprint density at radius 2 is 2.00 bits per heavy atom. The van der Waals surface area contributed by atoms with Crippen molar-refractivity contribution in [3.63, 3.8) is 0 Å². The van der Waals surface area contributed by atoms with Gasteiger partial charge >= 0.3 is 0 Å². The molecule has 21 heavy (non-hydrogen) atoms. The van der Waals surface area contributed by atoms with Gasteiger partial charge in [0, 0.05) is 12.1 Å². The van der Waals surface area contributed by atoms with Crippen LogP contribution in [-0.2, 0) is 6.54 Å². The number of ether oxygens (including phenoxy) is 1. The molecule has 1 heterocycles. The molecule has 0 aliphatic rings. The van der Waals surface area contributed by atoms with Crippen molar-refractivity contribution >= 4 is 0 Å². The number of rotatable bonds is 7. The zero-order valence-electron chi connectivity index (χ0n) is 13.0. The highest BCUT2D eigenvalue weighted by molar-refractivity contribution is 5.36. The van der Waals surface area contributed by atoms with Gasteiger partial charge in [-0.15, -0.1) is 0 Å². The Bertz CT molecular complexity index is 565. The maximum absolute atomic E-state index is 6.00. The smallest absolute Gasteiger partial charge is 0.124 e. The molecule has 1 aromatic carbocycles. The van der Waals surface area contributed by atoms with Gasteiger partial charge in [-0.3, -0.25) is 4.90 Å². The van der Waals surface area contributed by atoms with Gasteiger partial charge in [0.1, 0.15) is 17.3 Å². The van der Waals surface area contributed by atoms with Crippen LogP contribution in [0.2, 0.25) is 0 Å². The molecule has 2 rings (SSSR count). The summed E-state index contributed by atoms with van der Waals surface area (Å²) in [6.07, 6.45) is 0. The molecular formula is C17H24N2O2. The fraction of sp³-hybridized carbons (Fsp3) is 0.412. The highest BCUT2D eigenvalue weighted by Gasteiger charge is 2.20. The summed E-state index contributed by atoms with van der Waals surface area (Å²) in [5.41, 5.74) is 7.12. The van der Waals surface area contributed by atoms with Crippen molar-refractivity contribution in [3.8, 4) is 5.75 Å². The minimum absolute atomic E-state index is 0.0955. The highest BCUT2D eigenvalue weighted by atomic mass is 16.5. The zero-order chi connectivity index (χ0) is 15.2. The van der Waals surface area contributed by atoms with Gasteiger partial charge < -0.3 is 14.9 Å². The molecule has 0 radical (unpaired) electrons. The monoisotopic (exact) mass is 288 g/mol. The van der Waals surface area contributed by atoms with E-state index in [0.717, 1.165) is 29.4 Å². The van der Waals surface area contributed by atoms with Gasteiger partial charge in [0.25, 0.3) is 0 Å². The van der Waals surface area contributed by atoms with Gasteiger partial charge in [0.05, 0.1) is 19.2 Å². The zero-order valence-corrected chi connectivity index (χ0v) is 13.0. The second-order valence-corrected chi connectivity index (χ2v) is 5.15. The summed E-state index contributed by atoms with van der Waals surface area (Å²) >= 11 is 0. The first kappa shape index (κ1) is 15.6. The lowest BCUT2D eigenvalue weighted by Crippen LogP contribution is -2.30. The second-order valence-electron chi connectivity index (χ2n) is 5.15. The number of furan rings is 1. The SMILES string of the molecule is CCOc1ccccc1C(CN)N(C)Cc1ccc(C)o1. The van der Waals surface area contributed by atoms with Crippen molar-refractivity contribution in [2.75, 3.05) is 20.2 Å². The Kier molecular flexibility index (Phi) is 5.42. The molecule has 0 fully saturated rings. The number of aryl methyl sites for hydroxylation is 1. The Morgan fingerprint density at radius 1 is 1.24 bits per heavy atom. The number of nitrogens with zero attached hydrogens (tertiary/aromatic N) is 1. The first-order valence-corrected chi connectivity index (χ1v) is 7.33. The van der Waals surface area contributed by atoms with Crippen LogP contribution in [0.15, 0.2) is 40.8 Å². The van der Waals surface area contributed by atoms with Crippen molar-refractivity contribution in [2.45, 2.75) is 26.4 Å². The van der Waals surface area contributed by atoms with Crippen LogP contribution in [0.1, 0.15) is 30.0 Å². The highest BCUT2D eigenvalue weighted by Crippen LogP contribution is 2.29. The third-order valence-electron chi connectivity index (χ3n) is 3.53. The predicted molar refractivity (Wildman–Crippen MR) is 84.3 cm³/mol. The predicted octanol–water partition coefficient (Wildman–Crippen LogP) is 3.12. The molecule has 114 valence electrons. The lowest BCUT2D eigenvalue weighted by atomic mass is 10.0. The van der Waals surface area contributed by atoms with Crippen molar-refractivity contribution in [1.29, 1.82) is 0 Å². The van der Waals surface area contributed by atoms with Crippen molar-refractivity contribution in [1.82, 2.24) is 4.90 Å². The van der Waals surface area contributed by atoms with E-state index in [0.29, 0.717) is 13.2 Å². The van der Waals surface area contributed by atoms with Gasteiger partial charge in [-0.2, -0.15) is 0 Å². The Morgan fingerprint density at radius 3 is 2.62 bits per heavy atom. The van der Waals surface area contributed by atoms with Crippen LogP contribution in [0.5, 0.6) is 5.75 Å². The van der Waals surface area contributed by atoms with Gasteiger partial charge in [0.2, 0.25) is 0 Å². The summed E-state index contributed by atoms with van der Waals surface area (Å²) in [7, 11) is 2.05. The average molecular weight is 288 g/mol. The molecule has 0 aliphatic heterocycles. The van der Waals surface area contributed by atoms with E-state index in [1.807, 2.05) is 44.2 Å². The third-order valence-corrected chi connectivity index (χ3v) is 3.53. The maximum atomic E-state index is 6.00. The van der Waals surface area contributed by atoms with E-state index in [-0.39, 0.29) is 6.04 Å². The normalized spacial score (nSPS) is 12.6. The van der Waals surface area contributed by atoms with E-state index < -0.39 is 0 Å². The molecule has 1 atom stereocenters. The molecule has 0 aliphatic carbocycles. The number of hydrogen-bond acceptors (Lipinski definition) is 4. The molecule has 4 nitrogen and oxygen atoms in total. The van der Waals surface area contributed by atoms with Crippen LogP contribution in [-0.4, -0.2) is 25.1 Å². The maximum Gasteiger partial charge on any atom is 0.124 e. The number of para-hydroxylation sites is 1. The molecule has 4 heteroatoms. The van der Waals surface area contributed by atoms with E-state index in [2.05, 4.69) is 18.0 Å². The summed E-state index contributed by atoms with van der Waals surface area (Å²) in [4.78, 5) is 2.19. The third kappa shape index (κ3) is 3.86. The quantitative estimate of drug-likeness (QED) is 0.850.